The van der Waals surface area contributed by atoms with Gasteiger partial charge in [0.1, 0.15) is 0 Å². The number of methoxy groups -OCH3 is 1. The molecule has 24 heavy (non-hydrogen) atoms. The highest BCUT2D eigenvalue weighted by molar-refractivity contribution is 5.94. The van der Waals surface area contributed by atoms with Gasteiger partial charge in [-0.15, -0.1) is 0 Å². The molecule has 0 atom stereocenters. The number of carbonyl (C=O) groups is 1. The van der Waals surface area contributed by atoms with E-state index in [1.165, 1.54) is 0 Å². The van der Waals surface area contributed by atoms with E-state index < -0.39 is 5.97 Å². The summed E-state index contributed by atoms with van der Waals surface area (Å²) in [4.78, 5) is 20.2. The lowest BCUT2D eigenvalue weighted by molar-refractivity contribution is 0.0697. The zero-order valence-corrected chi connectivity index (χ0v) is 14.4. The molecule has 1 aromatic rings. The normalized spacial score (nSPS) is 16.2. The summed E-state index contributed by atoms with van der Waals surface area (Å²) in [6.45, 7) is 5.20. The average molecular weight is 334 g/mol. The van der Waals surface area contributed by atoms with E-state index in [0.29, 0.717) is 13.2 Å². The lowest BCUT2D eigenvalue weighted by Crippen LogP contribution is -2.49. The molecule has 0 spiro atoms. The molecular formula is C17H26N4O3. The first kappa shape index (κ1) is 18.2. The number of guanidine groups is 1. The van der Waals surface area contributed by atoms with E-state index in [0.717, 1.165) is 44.2 Å². The second-order valence-electron chi connectivity index (χ2n) is 5.85. The number of aliphatic imine (C=N–C) groups is 1. The fraction of sp³-hybridized carbons (Fsp3) is 0.529. The molecule has 0 amide bonds. The Morgan fingerprint density at radius 1 is 1.25 bits per heavy atom. The Balaban J connectivity index is 2.05. The number of hydrogen-bond donors (Lipinski definition) is 2. The Kier molecular flexibility index (Phi) is 7.02. The number of rotatable bonds is 6. The molecule has 1 aliphatic heterocycles. The molecule has 132 valence electrons. The van der Waals surface area contributed by atoms with Crippen molar-refractivity contribution in [3.8, 4) is 0 Å². The minimum absolute atomic E-state index is 0.277. The first-order chi connectivity index (χ1) is 11.6. The SMILES string of the molecule is COCCCN=C(Nc1ccc(C(=O)O)cc1)N1CCN(C)CC1. The highest BCUT2D eigenvalue weighted by Gasteiger charge is 2.17. The van der Waals surface area contributed by atoms with Crippen molar-refractivity contribution in [2.24, 2.45) is 4.99 Å². The molecule has 1 aliphatic rings. The number of nitrogens with zero attached hydrogens (tertiary/aromatic N) is 3. The van der Waals surface area contributed by atoms with Crippen LogP contribution in [0.15, 0.2) is 29.3 Å². The fourth-order valence-electron chi connectivity index (χ4n) is 2.46. The van der Waals surface area contributed by atoms with Crippen LogP contribution in [0.25, 0.3) is 0 Å². The van der Waals surface area contributed by atoms with Crippen molar-refractivity contribution < 1.29 is 14.6 Å². The van der Waals surface area contributed by atoms with Crippen LogP contribution in [-0.4, -0.2) is 80.3 Å². The van der Waals surface area contributed by atoms with Gasteiger partial charge in [-0.25, -0.2) is 4.79 Å². The molecule has 1 aromatic carbocycles. The molecule has 7 heteroatoms. The molecule has 0 aromatic heterocycles. The second-order valence-corrected chi connectivity index (χ2v) is 5.85. The Morgan fingerprint density at radius 3 is 2.50 bits per heavy atom. The minimum Gasteiger partial charge on any atom is -0.478 e. The lowest BCUT2D eigenvalue weighted by atomic mass is 10.2. The van der Waals surface area contributed by atoms with Crippen LogP contribution in [0, 0.1) is 0 Å². The molecule has 0 saturated carbocycles. The second kappa shape index (κ2) is 9.24. The van der Waals surface area contributed by atoms with E-state index in [1.54, 1.807) is 31.4 Å². The fourth-order valence-corrected chi connectivity index (χ4v) is 2.46. The maximum Gasteiger partial charge on any atom is 0.335 e. The van der Waals surface area contributed by atoms with E-state index >= 15 is 0 Å². The van der Waals surface area contributed by atoms with Crippen LogP contribution < -0.4 is 5.32 Å². The summed E-state index contributed by atoms with van der Waals surface area (Å²) in [5.74, 6) is -0.0867. The Morgan fingerprint density at radius 2 is 1.92 bits per heavy atom. The Bertz CT molecular complexity index is 551. The molecule has 0 aliphatic carbocycles. The van der Waals surface area contributed by atoms with Crippen LogP contribution in [0.4, 0.5) is 5.69 Å². The topological polar surface area (TPSA) is 77.4 Å². The number of benzene rings is 1. The summed E-state index contributed by atoms with van der Waals surface area (Å²) in [5.41, 5.74) is 1.11. The number of ether oxygens (including phenoxy) is 1. The van der Waals surface area contributed by atoms with Gasteiger partial charge in [-0.05, 0) is 37.7 Å². The van der Waals surface area contributed by atoms with Gasteiger partial charge in [0.05, 0.1) is 5.56 Å². The number of carboxylic acid groups (broad SMARTS) is 1. The number of anilines is 1. The summed E-state index contributed by atoms with van der Waals surface area (Å²) in [5, 5.41) is 12.3. The zero-order chi connectivity index (χ0) is 17.4. The van der Waals surface area contributed by atoms with E-state index in [1.807, 2.05) is 0 Å². The van der Waals surface area contributed by atoms with Crippen LogP contribution in [-0.2, 0) is 4.74 Å². The third-order valence-electron chi connectivity index (χ3n) is 3.96. The van der Waals surface area contributed by atoms with Gasteiger partial charge in [0.2, 0.25) is 0 Å². The van der Waals surface area contributed by atoms with E-state index in [2.05, 4.69) is 27.2 Å². The third kappa shape index (κ3) is 5.50. The third-order valence-corrected chi connectivity index (χ3v) is 3.96. The molecule has 0 unspecified atom stereocenters. The van der Waals surface area contributed by atoms with Crippen LogP contribution in [0.1, 0.15) is 16.8 Å². The molecule has 2 N–H and O–H groups in total. The zero-order valence-electron chi connectivity index (χ0n) is 14.4. The monoisotopic (exact) mass is 334 g/mol. The quantitative estimate of drug-likeness (QED) is 0.466. The van der Waals surface area contributed by atoms with Gasteiger partial charge < -0.3 is 25.0 Å². The number of piperazine rings is 1. The largest absolute Gasteiger partial charge is 0.478 e. The first-order valence-electron chi connectivity index (χ1n) is 8.17. The predicted octanol–water partition coefficient (Wildman–Crippen LogP) is 1.44. The Hall–Kier alpha value is -2.12. The first-order valence-corrected chi connectivity index (χ1v) is 8.17. The number of aromatic carboxylic acids is 1. The van der Waals surface area contributed by atoms with Crippen molar-refractivity contribution in [2.75, 3.05) is 58.8 Å². The van der Waals surface area contributed by atoms with Gasteiger partial charge in [0.25, 0.3) is 0 Å². The van der Waals surface area contributed by atoms with Crippen molar-refractivity contribution in [3.05, 3.63) is 29.8 Å². The number of carboxylic acids is 1. The summed E-state index contributed by atoms with van der Waals surface area (Å²) in [6.07, 6.45) is 0.868. The molecule has 7 nitrogen and oxygen atoms in total. The minimum atomic E-state index is -0.922. The van der Waals surface area contributed by atoms with Crippen LogP contribution in [0.2, 0.25) is 0 Å². The maximum atomic E-state index is 10.9. The molecule has 1 heterocycles. The van der Waals surface area contributed by atoms with Gasteiger partial charge >= 0.3 is 5.97 Å². The number of likely N-dealkylation sites (N-methyl/N-ethyl adjacent to an activating group) is 1. The molecule has 0 bridgehead atoms. The van der Waals surface area contributed by atoms with E-state index in [4.69, 9.17) is 9.84 Å². The number of nitrogens with one attached hydrogen (secondary N) is 1. The molecule has 1 fully saturated rings. The van der Waals surface area contributed by atoms with Gasteiger partial charge in [-0.2, -0.15) is 0 Å². The summed E-state index contributed by atoms with van der Waals surface area (Å²) in [7, 11) is 3.80. The lowest BCUT2D eigenvalue weighted by Gasteiger charge is -2.34. The van der Waals surface area contributed by atoms with E-state index in [9.17, 15) is 4.79 Å². The Labute approximate surface area is 142 Å². The molecule has 1 saturated heterocycles. The molecular weight excluding hydrogens is 308 g/mol. The van der Waals surface area contributed by atoms with Crippen LogP contribution in [0.5, 0.6) is 0 Å². The number of hydrogen-bond acceptors (Lipinski definition) is 4. The summed E-state index contributed by atoms with van der Waals surface area (Å²) in [6, 6.07) is 6.72. The standard InChI is InChI=1S/C17H26N4O3/c1-20-9-11-21(12-10-20)17(18-8-3-13-24-2)19-15-6-4-14(5-7-15)16(22)23/h4-7H,3,8-13H2,1-2H3,(H,18,19)(H,22,23). The van der Waals surface area contributed by atoms with Gasteiger partial charge in [0.15, 0.2) is 5.96 Å². The summed E-state index contributed by atoms with van der Waals surface area (Å²) >= 11 is 0. The van der Waals surface area contributed by atoms with Crippen LogP contribution >= 0.6 is 0 Å². The van der Waals surface area contributed by atoms with Crippen molar-refractivity contribution >= 4 is 17.6 Å². The predicted molar refractivity (Wildman–Crippen MR) is 94.9 cm³/mol. The maximum absolute atomic E-state index is 10.9. The smallest absolute Gasteiger partial charge is 0.335 e. The van der Waals surface area contributed by atoms with Gasteiger partial charge in [-0.1, -0.05) is 0 Å². The van der Waals surface area contributed by atoms with Crippen molar-refractivity contribution in [1.82, 2.24) is 9.80 Å². The average Bonchev–Trinajstić information content (AvgIpc) is 2.59. The van der Waals surface area contributed by atoms with Gasteiger partial charge in [0, 0.05) is 52.1 Å². The van der Waals surface area contributed by atoms with E-state index in [-0.39, 0.29) is 5.56 Å². The van der Waals surface area contributed by atoms with Crippen molar-refractivity contribution in [1.29, 1.82) is 0 Å². The highest BCUT2D eigenvalue weighted by atomic mass is 16.5. The summed E-state index contributed by atoms with van der Waals surface area (Å²) < 4.78 is 5.07. The van der Waals surface area contributed by atoms with Gasteiger partial charge in [-0.3, -0.25) is 4.99 Å². The molecule has 2 rings (SSSR count). The van der Waals surface area contributed by atoms with Crippen molar-refractivity contribution in [3.63, 3.8) is 0 Å². The highest BCUT2D eigenvalue weighted by Crippen LogP contribution is 2.12. The van der Waals surface area contributed by atoms with Crippen LogP contribution in [0.3, 0.4) is 0 Å². The molecule has 0 radical (unpaired) electrons. The van der Waals surface area contributed by atoms with Crippen molar-refractivity contribution in [2.45, 2.75) is 6.42 Å².